The van der Waals surface area contributed by atoms with Gasteiger partial charge in [0.2, 0.25) is 0 Å². The van der Waals surface area contributed by atoms with E-state index in [0.29, 0.717) is 18.1 Å². The fraction of sp³-hybridized carbons (Fsp3) is 0.455. The molecule has 0 spiro atoms. The van der Waals surface area contributed by atoms with E-state index in [4.69, 9.17) is 5.11 Å². The number of hydrogen-bond acceptors (Lipinski definition) is 5. The monoisotopic (exact) mass is 249 g/mol. The minimum atomic E-state index is -0.869. The van der Waals surface area contributed by atoms with Crippen LogP contribution in [0.4, 0.5) is 5.82 Å². The topological polar surface area (TPSA) is 83.6 Å². The minimum absolute atomic E-state index is 0.0632. The Labute approximate surface area is 104 Å². The van der Waals surface area contributed by atoms with Crippen LogP contribution in [-0.4, -0.2) is 43.7 Å². The Morgan fingerprint density at radius 1 is 1.56 bits per heavy atom. The number of aromatic nitrogens is 4. The molecule has 7 nitrogen and oxygen atoms in total. The zero-order chi connectivity index (χ0) is 13.1. The molecule has 0 aliphatic heterocycles. The summed E-state index contributed by atoms with van der Waals surface area (Å²) in [5, 5.41) is 13.0. The molecule has 0 saturated heterocycles. The van der Waals surface area contributed by atoms with Crippen LogP contribution in [0.5, 0.6) is 0 Å². The summed E-state index contributed by atoms with van der Waals surface area (Å²) >= 11 is 0. The number of aliphatic carboxylic acids is 1. The van der Waals surface area contributed by atoms with E-state index in [1.165, 1.54) is 6.33 Å². The van der Waals surface area contributed by atoms with Gasteiger partial charge in [-0.2, -0.15) is 14.6 Å². The van der Waals surface area contributed by atoms with E-state index in [1.807, 2.05) is 19.9 Å². The zero-order valence-corrected chi connectivity index (χ0v) is 10.4. The van der Waals surface area contributed by atoms with Gasteiger partial charge < -0.3 is 10.0 Å². The van der Waals surface area contributed by atoms with E-state index >= 15 is 0 Å². The van der Waals surface area contributed by atoms with Crippen molar-refractivity contribution < 1.29 is 9.90 Å². The molecule has 0 atom stereocenters. The Morgan fingerprint density at radius 2 is 2.33 bits per heavy atom. The third-order valence-electron chi connectivity index (χ3n) is 2.50. The average Bonchev–Trinajstić information content (AvgIpc) is 2.74. The van der Waals surface area contributed by atoms with Gasteiger partial charge in [-0.05, 0) is 13.3 Å². The van der Waals surface area contributed by atoms with Gasteiger partial charge in [0.25, 0.3) is 5.78 Å². The number of hydrogen-bond donors (Lipinski definition) is 1. The summed E-state index contributed by atoms with van der Waals surface area (Å²) in [4.78, 5) is 20.9. The molecule has 0 fully saturated rings. The maximum absolute atomic E-state index is 10.9. The Kier molecular flexibility index (Phi) is 3.40. The summed E-state index contributed by atoms with van der Waals surface area (Å²) in [6.07, 6.45) is 2.26. The maximum Gasteiger partial charge on any atom is 0.323 e. The SMILES string of the molecule is CCCN(CC(=O)O)c1cc(C)nc2ncnn12. The van der Waals surface area contributed by atoms with Crippen LogP contribution < -0.4 is 4.90 Å². The molecule has 18 heavy (non-hydrogen) atoms. The predicted molar refractivity (Wildman–Crippen MR) is 65.7 cm³/mol. The molecule has 0 saturated carbocycles. The molecular formula is C11H15N5O2. The van der Waals surface area contributed by atoms with Gasteiger partial charge >= 0.3 is 5.97 Å². The van der Waals surface area contributed by atoms with Crippen molar-refractivity contribution in [3.05, 3.63) is 18.1 Å². The number of nitrogens with zero attached hydrogens (tertiary/aromatic N) is 5. The second-order valence-electron chi connectivity index (χ2n) is 4.04. The van der Waals surface area contributed by atoms with E-state index in [2.05, 4.69) is 15.1 Å². The van der Waals surface area contributed by atoms with Gasteiger partial charge in [0.15, 0.2) is 0 Å². The van der Waals surface area contributed by atoms with Crippen molar-refractivity contribution in [1.29, 1.82) is 0 Å². The number of carboxylic acid groups (broad SMARTS) is 1. The molecule has 0 amide bonds. The Morgan fingerprint density at radius 3 is 3.00 bits per heavy atom. The number of rotatable bonds is 5. The zero-order valence-electron chi connectivity index (χ0n) is 10.4. The van der Waals surface area contributed by atoms with Gasteiger partial charge in [-0.25, -0.2) is 4.98 Å². The lowest BCUT2D eigenvalue weighted by Gasteiger charge is -2.22. The average molecular weight is 249 g/mol. The summed E-state index contributed by atoms with van der Waals surface area (Å²) in [5.74, 6) is 0.321. The van der Waals surface area contributed by atoms with Crippen LogP contribution in [0, 0.1) is 6.92 Å². The molecule has 0 aliphatic carbocycles. The second kappa shape index (κ2) is 4.99. The smallest absolute Gasteiger partial charge is 0.323 e. The van der Waals surface area contributed by atoms with Gasteiger partial charge in [-0.1, -0.05) is 6.92 Å². The van der Waals surface area contributed by atoms with Crippen LogP contribution >= 0.6 is 0 Å². The fourth-order valence-corrected chi connectivity index (χ4v) is 1.84. The lowest BCUT2D eigenvalue weighted by Crippen LogP contribution is -2.32. The molecule has 0 unspecified atom stereocenters. The molecule has 2 heterocycles. The molecule has 0 radical (unpaired) electrons. The lowest BCUT2D eigenvalue weighted by molar-refractivity contribution is -0.135. The van der Waals surface area contributed by atoms with Crippen LogP contribution in [-0.2, 0) is 4.79 Å². The third-order valence-corrected chi connectivity index (χ3v) is 2.50. The van der Waals surface area contributed by atoms with Crippen LogP contribution in [0.1, 0.15) is 19.0 Å². The second-order valence-corrected chi connectivity index (χ2v) is 4.04. The molecule has 2 aromatic heterocycles. The maximum atomic E-state index is 10.9. The van der Waals surface area contributed by atoms with Crippen molar-refractivity contribution in [3.63, 3.8) is 0 Å². The summed E-state index contributed by atoms with van der Waals surface area (Å²) in [6, 6.07) is 1.82. The van der Waals surface area contributed by atoms with Gasteiger partial charge in [-0.15, -0.1) is 0 Å². The first kappa shape index (κ1) is 12.3. The first-order valence-corrected chi connectivity index (χ1v) is 5.76. The standard InChI is InChI=1S/C11H15N5O2/c1-3-4-15(6-10(17)18)9-5-8(2)14-11-12-7-13-16(9)11/h5,7H,3-4,6H2,1-2H3,(H,17,18). The number of aryl methyl sites for hydroxylation is 1. The Balaban J connectivity index is 2.48. The normalized spacial score (nSPS) is 10.8. The van der Waals surface area contributed by atoms with Gasteiger partial charge in [0.05, 0.1) is 0 Å². The molecule has 0 aliphatic rings. The minimum Gasteiger partial charge on any atom is -0.480 e. The van der Waals surface area contributed by atoms with Crippen molar-refractivity contribution in [3.8, 4) is 0 Å². The summed E-state index contributed by atoms with van der Waals surface area (Å²) in [7, 11) is 0. The largest absolute Gasteiger partial charge is 0.480 e. The molecule has 0 bridgehead atoms. The van der Waals surface area contributed by atoms with E-state index in [-0.39, 0.29) is 6.54 Å². The van der Waals surface area contributed by atoms with Gasteiger partial charge in [0, 0.05) is 18.3 Å². The quantitative estimate of drug-likeness (QED) is 0.841. The molecule has 0 aromatic carbocycles. The van der Waals surface area contributed by atoms with Gasteiger partial charge in [0.1, 0.15) is 18.7 Å². The van der Waals surface area contributed by atoms with Crippen molar-refractivity contribution >= 4 is 17.6 Å². The fourth-order valence-electron chi connectivity index (χ4n) is 1.84. The lowest BCUT2D eigenvalue weighted by atomic mass is 10.3. The molecule has 7 heteroatoms. The summed E-state index contributed by atoms with van der Waals surface area (Å²) < 4.78 is 1.56. The van der Waals surface area contributed by atoms with Crippen molar-refractivity contribution in [2.24, 2.45) is 0 Å². The Bertz CT molecular complexity index is 566. The highest BCUT2D eigenvalue weighted by Gasteiger charge is 2.15. The first-order chi connectivity index (χ1) is 8.61. The predicted octanol–water partition coefficient (Wildman–Crippen LogP) is 0.734. The van der Waals surface area contributed by atoms with Crippen molar-refractivity contribution in [2.75, 3.05) is 18.0 Å². The summed E-state index contributed by atoms with van der Waals surface area (Å²) in [6.45, 7) is 4.43. The van der Waals surface area contributed by atoms with E-state index in [9.17, 15) is 4.79 Å². The highest BCUT2D eigenvalue weighted by molar-refractivity contribution is 5.73. The van der Waals surface area contributed by atoms with Crippen LogP contribution in [0.25, 0.3) is 5.78 Å². The van der Waals surface area contributed by atoms with E-state index in [1.54, 1.807) is 9.42 Å². The van der Waals surface area contributed by atoms with Crippen LogP contribution in [0.2, 0.25) is 0 Å². The third kappa shape index (κ3) is 2.39. The van der Waals surface area contributed by atoms with E-state index < -0.39 is 5.97 Å². The number of carbonyl (C=O) groups is 1. The highest BCUT2D eigenvalue weighted by Crippen LogP contribution is 2.16. The highest BCUT2D eigenvalue weighted by atomic mass is 16.4. The molecule has 2 rings (SSSR count). The molecule has 2 aromatic rings. The van der Waals surface area contributed by atoms with Crippen LogP contribution in [0.15, 0.2) is 12.4 Å². The summed E-state index contributed by atoms with van der Waals surface area (Å²) in [5.41, 5.74) is 0.789. The van der Waals surface area contributed by atoms with E-state index in [0.717, 1.165) is 12.1 Å². The van der Waals surface area contributed by atoms with Gasteiger partial charge in [-0.3, -0.25) is 4.79 Å². The number of fused-ring (bicyclic) bond motifs is 1. The molecule has 1 N–H and O–H groups in total. The number of anilines is 1. The molecular weight excluding hydrogens is 234 g/mol. The van der Waals surface area contributed by atoms with Crippen molar-refractivity contribution in [1.82, 2.24) is 19.6 Å². The Hall–Kier alpha value is -2.18. The number of carboxylic acids is 1. The van der Waals surface area contributed by atoms with Crippen molar-refractivity contribution in [2.45, 2.75) is 20.3 Å². The molecule has 96 valence electrons. The first-order valence-electron chi connectivity index (χ1n) is 5.76. The van der Waals surface area contributed by atoms with Crippen LogP contribution in [0.3, 0.4) is 0 Å².